The number of hydrogen-bond donors (Lipinski definition) is 0. The van der Waals surface area contributed by atoms with Gasteiger partial charge in [-0.15, -0.1) is 11.3 Å². The third kappa shape index (κ3) is 4.06. The van der Waals surface area contributed by atoms with Crippen molar-refractivity contribution in [2.24, 2.45) is 0 Å². The molecule has 0 amide bonds. The zero-order chi connectivity index (χ0) is 32.8. The topological polar surface area (TPSA) is 4.93 Å². The first-order valence-corrected chi connectivity index (χ1v) is 18.9. The number of fused-ring (bicyclic) bond motifs is 11. The van der Waals surface area contributed by atoms with Gasteiger partial charge in [0.05, 0.1) is 11.0 Å². The summed E-state index contributed by atoms with van der Waals surface area (Å²) in [5.41, 5.74) is 14.9. The average molecular weight is 658 g/mol. The van der Waals surface area contributed by atoms with E-state index in [0.717, 1.165) is 0 Å². The molecule has 0 bridgehead atoms. The molecule has 7 aromatic carbocycles. The van der Waals surface area contributed by atoms with Gasteiger partial charge in [-0.2, -0.15) is 0 Å². The monoisotopic (exact) mass is 657 g/mol. The van der Waals surface area contributed by atoms with E-state index in [9.17, 15) is 0 Å². The summed E-state index contributed by atoms with van der Waals surface area (Å²) in [5.74, 6) is 0. The van der Waals surface area contributed by atoms with Crippen LogP contribution in [0.15, 0.2) is 152 Å². The van der Waals surface area contributed by atoms with Gasteiger partial charge in [0.1, 0.15) is 0 Å². The van der Waals surface area contributed by atoms with Crippen LogP contribution >= 0.6 is 11.3 Å². The lowest BCUT2D eigenvalue weighted by atomic mass is 9.68. The Bertz CT molecular complexity index is 2790. The Balaban J connectivity index is 1.09. The molecular formula is C48H35NS. The molecule has 1 spiro atoms. The van der Waals surface area contributed by atoms with E-state index in [4.69, 9.17) is 0 Å². The van der Waals surface area contributed by atoms with E-state index in [2.05, 4.69) is 156 Å². The number of para-hydroxylation sites is 1. The molecule has 50 heavy (non-hydrogen) atoms. The molecule has 238 valence electrons. The van der Waals surface area contributed by atoms with Gasteiger partial charge in [-0.3, -0.25) is 0 Å². The third-order valence-electron chi connectivity index (χ3n) is 11.8. The van der Waals surface area contributed by atoms with Crippen molar-refractivity contribution in [2.75, 3.05) is 0 Å². The lowest BCUT2D eigenvalue weighted by Gasteiger charge is -2.36. The van der Waals surface area contributed by atoms with Gasteiger partial charge in [-0.05, 0) is 106 Å². The van der Waals surface area contributed by atoms with Crippen LogP contribution in [0.1, 0.15) is 43.2 Å². The number of rotatable bonds is 3. The molecular weight excluding hydrogens is 623 g/mol. The first-order valence-electron chi connectivity index (χ1n) is 18.1. The van der Waals surface area contributed by atoms with Crippen molar-refractivity contribution in [3.05, 3.63) is 163 Å². The molecule has 11 rings (SSSR count). The van der Waals surface area contributed by atoms with Gasteiger partial charge in [0.2, 0.25) is 0 Å². The molecule has 0 unspecified atom stereocenters. The molecule has 2 heteroatoms. The molecule has 0 saturated heterocycles. The van der Waals surface area contributed by atoms with Crippen molar-refractivity contribution in [1.82, 2.24) is 4.57 Å². The summed E-state index contributed by atoms with van der Waals surface area (Å²) in [6.07, 6.45) is 6.51. The second-order valence-electron chi connectivity index (χ2n) is 14.4. The third-order valence-corrected chi connectivity index (χ3v) is 12.9. The maximum absolute atomic E-state index is 2.60. The van der Waals surface area contributed by atoms with Crippen molar-refractivity contribution in [3.8, 4) is 39.1 Å². The summed E-state index contributed by atoms with van der Waals surface area (Å²) in [5, 5.41) is 5.36. The van der Waals surface area contributed by atoms with Crippen LogP contribution in [0.4, 0.5) is 0 Å². The minimum absolute atomic E-state index is 0.167. The summed E-state index contributed by atoms with van der Waals surface area (Å²) in [7, 11) is 0. The number of hydrogen-bond acceptors (Lipinski definition) is 1. The normalized spacial score (nSPS) is 15.0. The minimum Gasteiger partial charge on any atom is -0.309 e. The Morgan fingerprint density at radius 1 is 0.420 bits per heavy atom. The van der Waals surface area contributed by atoms with Gasteiger partial charge >= 0.3 is 0 Å². The molecule has 0 atom stereocenters. The van der Waals surface area contributed by atoms with Crippen LogP contribution in [0.25, 0.3) is 81.0 Å². The molecule has 2 aromatic heterocycles. The largest absolute Gasteiger partial charge is 0.309 e. The van der Waals surface area contributed by atoms with Crippen LogP contribution in [-0.2, 0) is 5.41 Å². The van der Waals surface area contributed by atoms with E-state index >= 15 is 0 Å². The summed E-state index contributed by atoms with van der Waals surface area (Å²) in [6, 6.07) is 57.0. The number of thiophene rings is 1. The van der Waals surface area contributed by atoms with Crippen LogP contribution in [0, 0.1) is 0 Å². The van der Waals surface area contributed by atoms with Crippen LogP contribution in [0.2, 0.25) is 0 Å². The molecule has 0 N–H and O–H groups in total. The fourth-order valence-electron chi connectivity index (χ4n) is 9.48. The van der Waals surface area contributed by atoms with Gasteiger partial charge in [-0.25, -0.2) is 0 Å². The van der Waals surface area contributed by atoms with E-state index in [1.807, 2.05) is 11.3 Å². The maximum atomic E-state index is 2.60. The van der Waals surface area contributed by atoms with E-state index in [1.54, 1.807) is 11.1 Å². The van der Waals surface area contributed by atoms with Crippen molar-refractivity contribution in [2.45, 2.75) is 37.5 Å². The first-order chi connectivity index (χ1) is 24.7. The molecule has 0 radical (unpaired) electrons. The summed E-state index contributed by atoms with van der Waals surface area (Å²) in [6.45, 7) is 0. The van der Waals surface area contributed by atoms with Gasteiger partial charge in [0.15, 0.2) is 0 Å². The second-order valence-corrected chi connectivity index (χ2v) is 15.5. The molecule has 2 aliphatic carbocycles. The smallest absolute Gasteiger partial charge is 0.0547 e. The predicted octanol–water partition coefficient (Wildman–Crippen LogP) is 13.7. The van der Waals surface area contributed by atoms with Gasteiger partial charge in [0, 0.05) is 42.0 Å². The SMILES string of the molecule is c1ccc(-c2cccc(-n3c4ccccc4c4ccc(-c5ccc6sc7cc8c(cc7c6c5)C5(CCCCC5)c5ccccc5-8)cc43)c2)cc1. The van der Waals surface area contributed by atoms with E-state index in [0.29, 0.717) is 0 Å². The fourth-order valence-corrected chi connectivity index (χ4v) is 10.6. The van der Waals surface area contributed by atoms with Crippen LogP contribution < -0.4 is 0 Å². The Labute approximate surface area is 296 Å². The Morgan fingerprint density at radius 2 is 1.14 bits per heavy atom. The lowest BCUT2D eigenvalue weighted by Crippen LogP contribution is -2.27. The van der Waals surface area contributed by atoms with Crippen molar-refractivity contribution >= 4 is 53.3 Å². The quantitative estimate of drug-likeness (QED) is 0.178. The predicted molar refractivity (Wildman–Crippen MR) is 214 cm³/mol. The number of aromatic nitrogens is 1. The Morgan fingerprint density at radius 3 is 2.06 bits per heavy atom. The molecule has 1 saturated carbocycles. The van der Waals surface area contributed by atoms with Crippen molar-refractivity contribution in [3.63, 3.8) is 0 Å². The van der Waals surface area contributed by atoms with Gasteiger partial charge in [0.25, 0.3) is 0 Å². The Kier molecular flexibility index (Phi) is 6.12. The number of benzene rings is 7. The van der Waals surface area contributed by atoms with E-state index in [1.165, 1.54) is 113 Å². The molecule has 1 fully saturated rings. The standard InChI is InChI=1S/C48H35NS/c1-3-12-31(13-4-1)32-14-11-15-35(26-32)49-44-19-8-6-17-37(44)38-22-20-34(28-45(38)49)33-21-23-46-40(27-33)41-29-43-39(30-47(41)50-46)36-16-5-7-18-42(36)48(43)24-9-2-10-25-48/h1,3-8,11-23,26-30H,2,9-10,24-25H2. The number of nitrogens with zero attached hydrogens (tertiary/aromatic N) is 1. The highest BCUT2D eigenvalue weighted by Gasteiger charge is 2.43. The second kappa shape index (κ2) is 10.8. The minimum atomic E-state index is 0.167. The summed E-state index contributed by atoms with van der Waals surface area (Å²) in [4.78, 5) is 0. The average Bonchev–Trinajstić information content (AvgIpc) is 3.80. The zero-order valence-electron chi connectivity index (χ0n) is 27.8. The van der Waals surface area contributed by atoms with Crippen LogP contribution in [0.3, 0.4) is 0 Å². The highest BCUT2D eigenvalue weighted by molar-refractivity contribution is 7.25. The molecule has 0 aliphatic heterocycles. The summed E-state index contributed by atoms with van der Waals surface area (Å²) < 4.78 is 5.21. The zero-order valence-corrected chi connectivity index (χ0v) is 28.6. The fraction of sp³-hybridized carbons (Fsp3) is 0.125. The Hall–Kier alpha value is -5.44. The van der Waals surface area contributed by atoms with Gasteiger partial charge < -0.3 is 4.57 Å². The van der Waals surface area contributed by atoms with Crippen LogP contribution in [0.5, 0.6) is 0 Å². The van der Waals surface area contributed by atoms with Crippen molar-refractivity contribution < 1.29 is 0 Å². The molecule has 9 aromatic rings. The van der Waals surface area contributed by atoms with Crippen molar-refractivity contribution in [1.29, 1.82) is 0 Å². The highest BCUT2D eigenvalue weighted by atomic mass is 32.1. The highest BCUT2D eigenvalue weighted by Crippen LogP contribution is 2.57. The maximum Gasteiger partial charge on any atom is 0.0547 e. The van der Waals surface area contributed by atoms with E-state index in [-0.39, 0.29) is 5.41 Å². The lowest BCUT2D eigenvalue weighted by molar-refractivity contribution is 0.353. The molecule has 1 nitrogen and oxygen atoms in total. The summed E-state index contributed by atoms with van der Waals surface area (Å²) >= 11 is 1.94. The van der Waals surface area contributed by atoms with E-state index < -0.39 is 0 Å². The van der Waals surface area contributed by atoms with Crippen LogP contribution in [-0.4, -0.2) is 4.57 Å². The first kappa shape index (κ1) is 28.4. The molecule has 2 aliphatic rings. The van der Waals surface area contributed by atoms with Gasteiger partial charge in [-0.1, -0.05) is 122 Å². The molecule has 2 heterocycles.